The molecule has 0 saturated carbocycles. The van der Waals surface area contributed by atoms with Crippen LogP contribution in [0.4, 0.5) is 4.39 Å². The van der Waals surface area contributed by atoms with Crippen LogP contribution in [-0.2, 0) is 9.53 Å². The topological polar surface area (TPSA) is 46.5 Å². The Hall–Kier alpha value is -1.13. The maximum atomic E-state index is 12.9. The SMILES string of the molecule is COC(=O)C(C(C)C)C(O)c1ccc(F)cc1Cl. The summed E-state index contributed by atoms with van der Waals surface area (Å²) < 4.78 is 17.6. The lowest BCUT2D eigenvalue weighted by molar-refractivity contribution is -0.152. The number of ether oxygens (including phenoxy) is 1. The van der Waals surface area contributed by atoms with E-state index in [1.54, 1.807) is 13.8 Å². The minimum absolute atomic E-state index is 0.0945. The van der Waals surface area contributed by atoms with Crippen LogP contribution in [0.2, 0.25) is 5.02 Å². The maximum absolute atomic E-state index is 12.9. The molecule has 100 valence electrons. The summed E-state index contributed by atoms with van der Waals surface area (Å²) in [5, 5.41) is 10.3. The minimum Gasteiger partial charge on any atom is -0.469 e. The number of methoxy groups -OCH3 is 1. The maximum Gasteiger partial charge on any atom is 0.311 e. The van der Waals surface area contributed by atoms with E-state index in [-0.39, 0.29) is 10.9 Å². The van der Waals surface area contributed by atoms with E-state index in [0.29, 0.717) is 5.56 Å². The summed E-state index contributed by atoms with van der Waals surface area (Å²) in [6, 6.07) is 3.68. The van der Waals surface area contributed by atoms with E-state index >= 15 is 0 Å². The second-order valence-electron chi connectivity index (χ2n) is 4.40. The van der Waals surface area contributed by atoms with Gasteiger partial charge in [-0.1, -0.05) is 31.5 Å². The summed E-state index contributed by atoms with van der Waals surface area (Å²) in [7, 11) is 1.26. The molecule has 0 fully saturated rings. The molecule has 18 heavy (non-hydrogen) atoms. The Morgan fingerprint density at radius 2 is 2.06 bits per heavy atom. The quantitative estimate of drug-likeness (QED) is 0.859. The van der Waals surface area contributed by atoms with Crippen molar-refractivity contribution < 1.29 is 19.0 Å². The van der Waals surface area contributed by atoms with Crippen molar-refractivity contribution in [2.24, 2.45) is 11.8 Å². The fourth-order valence-electron chi connectivity index (χ4n) is 1.84. The molecule has 0 aliphatic heterocycles. The molecule has 1 aromatic carbocycles. The third-order valence-corrected chi connectivity index (χ3v) is 3.14. The molecule has 0 heterocycles. The predicted molar refractivity (Wildman–Crippen MR) is 66.7 cm³/mol. The van der Waals surface area contributed by atoms with E-state index in [4.69, 9.17) is 11.6 Å². The lowest BCUT2D eigenvalue weighted by Gasteiger charge is -2.24. The molecule has 0 aromatic heterocycles. The van der Waals surface area contributed by atoms with Crippen LogP contribution < -0.4 is 0 Å². The van der Waals surface area contributed by atoms with Crippen LogP contribution in [0, 0.1) is 17.7 Å². The Labute approximate surface area is 111 Å². The lowest BCUT2D eigenvalue weighted by Crippen LogP contribution is -2.28. The van der Waals surface area contributed by atoms with Crippen LogP contribution in [0.15, 0.2) is 18.2 Å². The van der Waals surface area contributed by atoms with Gasteiger partial charge in [-0.2, -0.15) is 0 Å². The highest BCUT2D eigenvalue weighted by Gasteiger charge is 2.32. The van der Waals surface area contributed by atoms with Crippen molar-refractivity contribution in [2.45, 2.75) is 20.0 Å². The zero-order chi connectivity index (χ0) is 13.9. The number of aliphatic hydroxyl groups excluding tert-OH is 1. The number of esters is 1. The van der Waals surface area contributed by atoms with E-state index in [1.807, 2.05) is 0 Å². The van der Waals surface area contributed by atoms with E-state index in [9.17, 15) is 14.3 Å². The Morgan fingerprint density at radius 3 is 2.50 bits per heavy atom. The van der Waals surface area contributed by atoms with Crippen LogP contribution in [0.25, 0.3) is 0 Å². The molecule has 0 saturated heterocycles. The zero-order valence-electron chi connectivity index (χ0n) is 10.5. The second kappa shape index (κ2) is 6.16. The van der Waals surface area contributed by atoms with Crippen LogP contribution >= 0.6 is 11.6 Å². The number of benzene rings is 1. The number of hydrogen-bond donors (Lipinski definition) is 1. The van der Waals surface area contributed by atoms with Crippen molar-refractivity contribution in [3.8, 4) is 0 Å². The van der Waals surface area contributed by atoms with Gasteiger partial charge in [0.05, 0.1) is 19.1 Å². The van der Waals surface area contributed by atoms with Crippen molar-refractivity contribution in [3.63, 3.8) is 0 Å². The average Bonchev–Trinajstić information content (AvgIpc) is 2.28. The van der Waals surface area contributed by atoms with Gasteiger partial charge in [-0.25, -0.2) is 4.39 Å². The molecular formula is C13H16ClFO3. The second-order valence-corrected chi connectivity index (χ2v) is 4.81. The molecule has 3 nitrogen and oxygen atoms in total. The smallest absolute Gasteiger partial charge is 0.311 e. The molecule has 0 aliphatic rings. The predicted octanol–water partition coefficient (Wildman–Crippen LogP) is 2.96. The highest BCUT2D eigenvalue weighted by Crippen LogP contribution is 2.33. The number of rotatable bonds is 4. The molecule has 1 aromatic rings. The molecular weight excluding hydrogens is 259 g/mol. The standard InChI is InChI=1S/C13H16ClFO3/c1-7(2)11(13(17)18-3)12(16)9-5-4-8(15)6-10(9)14/h4-7,11-12,16H,1-3H3. The average molecular weight is 275 g/mol. The lowest BCUT2D eigenvalue weighted by atomic mass is 9.86. The molecule has 1 rings (SSSR count). The van der Waals surface area contributed by atoms with E-state index < -0.39 is 23.8 Å². The molecule has 0 radical (unpaired) electrons. The molecule has 2 atom stereocenters. The third-order valence-electron chi connectivity index (χ3n) is 2.81. The molecule has 1 N–H and O–H groups in total. The first-order chi connectivity index (χ1) is 8.38. The van der Waals surface area contributed by atoms with Gasteiger partial charge in [0.25, 0.3) is 0 Å². The van der Waals surface area contributed by atoms with Gasteiger partial charge in [0.15, 0.2) is 0 Å². The zero-order valence-corrected chi connectivity index (χ0v) is 11.2. The van der Waals surface area contributed by atoms with E-state index in [2.05, 4.69) is 4.74 Å². The van der Waals surface area contributed by atoms with Gasteiger partial charge in [0.1, 0.15) is 5.82 Å². The van der Waals surface area contributed by atoms with Crippen molar-refractivity contribution in [3.05, 3.63) is 34.6 Å². The van der Waals surface area contributed by atoms with Gasteiger partial charge in [-0.3, -0.25) is 4.79 Å². The number of carbonyl (C=O) groups is 1. The summed E-state index contributed by atoms with van der Waals surface area (Å²) in [5.74, 6) is -1.88. The summed E-state index contributed by atoms with van der Waals surface area (Å²) >= 11 is 5.87. The summed E-state index contributed by atoms with van der Waals surface area (Å²) in [5.41, 5.74) is 0.321. The van der Waals surface area contributed by atoms with Gasteiger partial charge in [0.2, 0.25) is 0 Å². The molecule has 5 heteroatoms. The largest absolute Gasteiger partial charge is 0.469 e. The monoisotopic (exact) mass is 274 g/mol. The van der Waals surface area contributed by atoms with Gasteiger partial charge in [-0.15, -0.1) is 0 Å². The molecule has 0 amide bonds. The summed E-state index contributed by atoms with van der Waals surface area (Å²) in [6.07, 6.45) is -1.12. The van der Waals surface area contributed by atoms with Crippen LogP contribution in [0.5, 0.6) is 0 Å². The van der Waals surface area contributed by atoms with Gasteiger partial charge >= 0.3 is 5.97 Å². The highest BCUT2D eigenvalue weighted by atomic mass is 35.5. The normalized spacial score (nSPS) is 14.4. The molecule has 0 aliphatic carbocycles. The van der Waals surface area contributed by atoms with Crippen molar-refractivity contribution in [2.75, 3.05) is 7.11 Å². The van der Waals surface area contributed by atoms with Crippen molar-refractivity contribution >= 4 is 17.6 Å². The first-order valence-corrected chi connectivity index (χ1v) is 5.97. The van der Waals surface area contributed by atoms with Crippen LogP contribution in [-0.4, -0.2) is 18.2 Å². The number of aliphatic hydroxyl groups is 1. The molecule has 2 unspecified atom stereocenters. The Bertz CT molecular complexity index is 434. The minimum atomic E-state index is -1.12. The van der Waals surface area contributed by atoms with Crippen molar-refractivity contribution in [1.82, 2.24) is 0 Å². The fraction of sp³-hybridized carbons (Fsp3) is 0.462. The summed E-state index contributed by atoms with van der Waals surface area (Å²) in [6.45, 7) is 3.59. The molecule has 0 bridgehead atoms. The number of halogens is 2. The summed E-state index contributed by atoms with van der Waals surface area (Å²) in [4.78, 5) is 11.6. The first-order valence-electron chi connectivity index (χ1n) is 5.59. The third kappa shape index (κ3) is 3.21. The van der Waals surface area contributed by atoms with Crippen LogP contribution in [0.3, 0.4) is 0 Å². The fourth-order valence-corrected chi connectivity index (χ4v) is 2.12. The first kappa shape index (κ1) is 14.9. The Balaban J connectivity index is 3.09. The highest BCUT2D eigenvalue weighted by molar-refractivity contribution is 6.31. The Morgan fingerprint density at radius 1 is 1.44 bits per heavy atom. The van der Waals surface area contributed by atoms with E-state index in [0.717, 1.165) is 6.07 Å². The Kier molecular flexibility index (Phi) is 5.11. The van der Waals surface area contributed by atoms with Gasteiger partial charge in [-0.05, 0) is 18.1 Å². The van der Waals surface area contributed by atoms with Crippen LogP contribution in [0.1, 0.15) is 25.5 Å². The molecule has 0 spiro atoms. The van der Waals surface area contributed by atoms with E-state index in [1.165, 1.54) is 19.2 Å². The van der Waals surface area contributed by atoms with Gasteiger partial charge < -0.3 is 9.84 Å². The number of hydrogen-bond acceptors (Lipinski definition) is 3. The number of carbonyl (C=O) groups excluding carboxylic acids is 1. The van der Waals surface area contributed by atoms with Gasteiger partial charge in [0, 0.05) is 10.6 Å². The van der Waals surface area contributed by atoms with Crippen molar-refractivity contribution in [1.29, 1.82) is 0 Å².